The number of fused-ring (bicyclic) bond motifs is 1. The van der Waals surface area contributed by atoms with Crippen LogP contribution in [0.15, 0.2) is 34.8 Å². The SMILES string of the molecule is COc1ccc(O)c(-c2nc3cc(Br)c(F)cc3[nH]2)c1. The zero-order chi connectivity index (χ0) is 14.3. The molecule has 0 fully saturated rings. The number of nitrogens with one attached hydrogen (secondary N) is 1. The Morgan fingerprint density at radius 2 is 2.10 bits per heavy atom. The minimum atomic E-state index is -0.373. The number of hydrogen-bond donors (Lipinski definition) is 2. The summed E-state index contributed by atoms with van der Waals surface area (Å²) in [4.78, 5) is 7.34. The molecule has 1 aromatic heterocycles. The molecular weight excluding hydrogens is 327 g/mol. The lowest BCUT2D eigenvalue weighted by Gasteiger charge is -2.04. The van der Waals surface area contributed by atoms with Crippen LogP contribution in [0.5, 0.6) is 11.5 Å². The van der Waals surface area contributed by atoms with E-state index in [4.69, 9.17) is 4.74 Å². The van der Waals surface area contributed by atoms with E-state index >= 15 is 0 Å². The van der Waals surface area contributed by atoms with Gasteiger partial charge in [-0.25, -0.2) is 9.37 Å². The maximum Gasteiger partial charge on any atom is 0.142 e. The van der Waals surface area contributed by atoms with E-state index in [0.717, 1.165) is 0 Å². The molecule has 0 saturated heterocycles. The number of rotatable bonds is 2. The Labute approximate surface area is 122 Å². The van der Waals surface area contributed by atoms with Crippen molar-refractivity contribution in [1.29, 1.82) is 0 Å². The molecule has 20 heavy (non-hydrogen) atoms. The second kappa shape index (κ2) is 4.79. The summed E-state index contributed by atoms with van der Waals surface area (Å²) in [6, 6.07) is 7.78. The first kappa shape index (κ1) is 12.9. The van der Waals surface area contributed by atoms with E-state index < -0.39 is 0 Å². The standard InChI is InChI=1S/C14H10BrFN2O2/c1-20-7-2-3-13(19)8(4-7)14-17-11-5-9(15)10(16)6-12(11)18-14/h2-6,19H,1H3,(H,17,18). The van der Waals surface area contributed by atoms with Gasteiger partial charge in [0.05, 0.1) is 28.2 Å². The van der Waals surface area contributed by atoms with E-state index in [-0.39, 0.29) is 11.6 Å². The van der Waals surface area contributed by atoms with Gasteiger partial charge in [0.1, 0.15) is 23.1 Å². The highest BCUT2D eigenvalue weighted by molar-refractivity contribution is 9.10. The monoisotopic (exact) mass is 336 g/mol. The van der Waals surface area contributed by atoms with Gasteiger partial charge in [-0.05, 0) is 40.2 Å². The number of ether oxygens (including phenoxy) is 1. The number of aromatic amines is 1. The van der Waals surface area contributed by atoms with Crippen molar-refractivity contribution < 1.29 is 14.2 Å². The Hall–Kier alpha value is -2.08. The quantitative estimate of drug-likeness (QED) is 0.747. The number of aromatic hydroxyl groups is 1. The van der Waals surface area contributed by atoms with Crippen LogP contribution in [0.25, 0.3) is 22.4 Å². The van der Waals surface area contributed by atoms with Crippen molar-refractivity contribution in [2.45, 2.75) is 0 Å². The fourth-order valence-corrected chi connectivity index (χ4v) is 2.30. The minimum Gasteiger partial charge on any atom is -0.507 e. The van der Waals surface area contributed by atoms with Gasteiger partial charge in [-0.3, -0.25) is 0 Å². The van der Waals surface area contributed by atoms with Crippen molar-refractivity contribution in [2.24, 2.45) is 0 Å². The molecule has 102 valence electrons. The summed E-state index contributed by atoms with van der Waals surface area (Å²) in [6.07, 6.45) is 0. The van der Waals surface area contributed by atoms with Crippen LogP contribution in [-0.4, -0.2) is 22.2 Å². The third kappa shape index (κ3) is 2.12. The van der Waals surface area contributed by atoms with E-state index in [0.29, 0.717) is 32.6 Å². The van der Waals surface area contributed by atoms with Crippen LogP contribution in [0, 0.1) is 5.82 Å². The van der Waals surface area contributed by atoms with Crippen molar-refractivity contribution in [3.8, 4) is 22.9 Å². The van der Waals surface area contributed by atoms with Crippen molar-refractivity contribution in [2.75, 3.05) is 7.11 Å². The van der Waals surface area contributed by atoms with Crippen LogP contribution < -0.4 is 4.74 Å². The van der Waals surface area contributed by atoms with E-state index in [1.807, 2.05) is 0 Å². The van der Waals surface area contributed by atoms with Crippen molar-refractivity contribution >= 4 is 27.0 Å². The number of aromatic nitrogens is 2. The molecule has 4 nitrogen and oxygen atoms in total. The second-order valence-corrected chi connectivity index (χ2v) is 5.11. The van der Waals surface area contributed by atoms with Crippen molar-refractivity contribution in [1.82, 2.24) is 9.97 Å². The fourth-order valence-electron chi connectivity index (χ4n) is 1.96. The Balaban J connectivity index is 2.19. The van der Waals surface area contributed by atoms with E-state index in [2.05, 4.69) is 25.9 Å². The Morgan fingerprint density at radius 3 is 2.85 bits per heavy atom. The normalized spacial score (nSPS) is 10.9. The largest absolute Gasteiger partial charge is 0.507 e. The van der Waals surface area contributed by atoms with Gasteiger partial charge in [0.2, 0.25) is 0 Å². The Kier molecular flexibility index (Phi) is 3.10. The molecule has 0 spiro atoms. The maximum atomic E-state index is 13.5. The number of nitrogens with zero attached hydrogens (tertiary/aromatic N) is 1. The molecule has 0 bridgehead atoms. The molecule has 0 aliphatic rings. The second-order valence-electron chi connectivity index (χ2n) is 4.25. The summed E-state index contributed by atoms with van der Waals surface area (Å²) in [7, 11) is 1.54. The van der Waals surface area contributed by atoms with Crippen LogP contribution in [0.4, 0.5) is 4.39 Å². The van der Waals surface area contributed by atoms with E-state index in [1.54, 1.807) is 25.3 Å². The number of H-pyrrole nitrogens is 1. The number of imidazole rings is 1. The lowest BCUT2D eigenvalue weighted by atomic mass is 10.2. The first-order valence-corrected chi connectivity index (χ1v) is 6.60. The van der Waals surface area contributed by atoms with Crippen LogP contribution in [0.1, 0.15) is 0 Å². The minimum absolute atomic E-state index is 0.0735. The highest BCUT2D eigenvalue weighted by Crippen LogP contribution is 2.32. The highest BCUT2D eigenvalue weighted by Gasteiger charge is 2.12. The average molecular weight is 337 g/mol. The summed E-state index contributed by atoms with van der Waals surface area (Å²) in [6.45, 7) is 0. The summed E-state index contributed by atoms with van der Waals surface area (Å²) in [5, 5.41) is 9.92. The fraction of sp³-hybridized carbons (Fsp3) is 0.0714. The van der Waals surface area contributed by atoms with Crippen LogP contribution in [0.3, 0.4) is 0 Å². The third-order valence-corrected chi connectivity index (χ3v) is 3.59. The highest BCUT2D eigenvalue weighted by atomic mass is 79.9. The third-order valence-electron chi connectivity index (χ3n) is 2.98. The summed E-state index contributed by atoms with van der Waals surface area (Å²) in [5.74, 6) is 0.756. The van der Waals surface area contributed by atoms with Gasteiger partial charge in [0.15, 0.2) is 0 Å². The zero-order valence-electron chi connectivity index (χ0n) is 10.4. The Bertz CT molecular complexity index is 762. The predicted octanol–water partition coefficient (Wildman–Crippen LogP) is 3.85. The molecule has 0 amide bonds. The predicted molar refractivity (Wildman–Crippen MR) is 77.4 cm³/mol. The molecule has 0 aliphatic carbocycles. The van der Waals surface area contributed by atoms with Crippen LogP contribution in [0.2, 0.25) is 0 Å². The molecule has 0 aliphatic heterocycles. The molecule has 3 aromatic rings. The first-order valence-electron chi connectivity index (χ1n) is 5.80. The Morgan fingerprint density at radius 1 is 1.30 bits per heavy atom. The van der Waals surface area contributed by atoms with Gasteiger partial charge < -0.3 is 14.8 Å². The molecule has 0 radical (unpaired) electrons. The molecule has 2 N–H and O–H groups in total. The van der Waals surface area contributed by atoms with Gasteiger partial charge >= 0.3 is 0 Å². The van der Waals surface area contributed by atoms with Gasteiger partial charge in [0, 0.05) is 6.07 Å². The maximum absolute atomic E-state index is 13.5. The summed E-state index contributed by atoms with van der Waals surface area (Å²) < 4.78 is 19.0. The first-order chi connectivity index (χ1) is 9.58. The molecule has 0 saturated carbocycles. The number of hydrogen-bond acceptors (Lipinski definition) is 3. The molecular formula is C14H10BrFN2O2. The summed E-state index contributed by atoms with van der Waals surface area (Å²) >= 11 is 3.12. The number of methoxy groups -OCH3 is 1. The van der Waals surface area contributed by atoms with Gasteiger partial charge in [-0.2, -0.15) is 0 Å². The molecule has 1 heterocycles. The van der Waals surface area contributed by atoms with Crippen LogP contribution in [-0.2, 0) is 0 Å². The lowest BCUT2D eigenvalue weighted by Crippen LogP contribution is -1.86. The molecule has 3 rings (SSSR count). The topological polar surface area (TPSA) is 58.1 Å². The van der Waals surface area contributed by atoms with Crippen molar-refractivity contribution in [3.63, 3.8) is 0 Å². The van der Waals surface area contributed by atoms with Gasteiger partial charge in [0.25, 0.3) is 0 Å². The molecule has 0 unspecified atom stereocenters. The van der Waals surface area contributed by atoms with Crippen molar-refractivity contribution in [3.05, 3.63) is 40.6 Å². The lowest BCUT2D eigenvalue weighted by molar-refractivity contribution is 0.412. The number of benzene rings is 2. The smallest absolute Gasteiger partial charge is 0.142 e. The van der Waals surface area contributed by atoms with Crippen LogP contribution >= 0.6 is 15.9 Å². The number of halogens is 2. The molecule has 2 aromatic carbocycles. The van der Waals surface area contributed by atoms with E-state index in [9.17, 15) is 9.50 Å². The van der Waals surface area contributed by atoms with Gasteiger partial charge in [-0.1, -0.05) is 0 Å². The number of phenolic OH excluding ortho intramolecular Hbond substituents is 1. The summed E-state index contributed by atoms with van der Waals surface area (Å²) in [5.41, 5.74) is 1.66. The molecule has 0 atom stereocenters. The average Bonchev–Trinajstić information content (AvgIpc) is 2.82. The zero-order valence-corrected chi connectivity index (χ0v) is 12.0. The molecule has 6 heteroatoms. The van der Waals surface area contributed by atoms with E-state index in [1.165, 1.54) is 12.1 Å². The van der Waals surface area contributed by atoms with Gasteiger partial charge in [-0.15, -0.1) is 0 Å². The number of phenols is 1.